The van der Waals surface area contributed by atoms with Gasteiger partial charge in [-0.25, -0.2) is 9.59 Å². The third kappa shape index (κ3) is 5.67. The van der Waals surface area contributed by atoms with Gasteiger partial charge in [-0.3, -0.25) is 0 Å². The predicted octanol–water partition coefficient (Wildman–Crippen LogP) is 4.64. The van der Waals surface area contributed by atoms with Gasteiger partial charge in [-0.1, -0.05) is 54.6 Å². The lowest BCUT2D eigenvalue weighted by atomic mass is 9.88. The topological polar surface area (TPSA) is 80.3 Å². The van der Waals surface area contributed by atoms with Crippen molar-refractivity contribution >= 4 is 24.1 Å². The molecule has 0 N–H and O–H groups in total. The van der Waals surface area contributed by atoms with Crippen molar-refractivity contribution in [2.45, 2.75) is 6.10 Å². The Bertz CT molecular complexity index is 1280. The van der Waals surface area contributed by atoms with E-state index in [2.05, 4.69) is 12.2 Å². The fraction of sp³-hybridized carbons (Fsp3) is 0.267. The van der Waals surface area contributed by atoms with Crippen molar-refractivity contribution in [1.82, 2.24) is 0 Å². The molecular weight excluding hydrogens is 472 g/mol. The first-order chi connectivity index (χ1) is 18.0. The second kappa shape index (κ2) is 11.8. The minimum atomic E-state index is -0.612. The molecule has 0 bridgehead atoms. The lowest BCUT2D eigenvalue weighted by Gasteiger charge is -2.29. The van der Waals surface area contributed by atoms with Crippen LogP contribution >= 0.6 is 0 Å². The number of allylic oxidation sites excluding steroid dienone is 2. The Hall–Kier alpha value is -4.10. The number of hydrogen-bond donors (Lipinski definition) is 0. The number of benzene rings is 2. The van der Waals surface area contributed by atoms with E-state index in [1.165, 1.54) is 14.2 Å². The fourth-order valence-electron chi connectivity index (χ4n) is 4.64. The number of ether oxygens (including phenoxy) is 5. The molecule has 2 aromatic carbocycles. The molecule has 2 aromatic rings. The molecule has 7 heteroatoms. The summed E-state index contributed by atoms with van der Waals surface area (Å²) in [5.41, 5.74) is 2.94. The fourth-order valence-corrected chi connectivity index (χ4v) is 4.64. The van der Waals surface area contributed by atoms with Gasteiger partial charge in [0.15, 0.2) is 0 Å². The average molecular weight is 503 g/mol. The molecule has 4 rings (SSSR count). The number of carbonyl (C=O) groups excluding carboxylic acids is 2. The van der Waals surface area contributed by atoms with Gasteiger partial charge in [0.25, 0.3) is 0 Å². The smallest absolute Gasteiger partial charge is 0.338 e. The Morgan fingerprint density at radius 3 is 2.00 bits per heavy atom. The molecule has 0 saturated heterocycles. The van der Waals surface area contributed by atoms with Crippen molar-refractivity contribution in [1.29, 1.82) is 0 Å². The summed E-state index contributed by atoms with van der Waals surface area (Å²) in [7, 11) is 5.83. The second-order valence-electron chi connectivity index (χ2n) is 8.62. The van der Waals surface area contributed by atoms with Crippen LogP contribution in [0.5, 0.6) is 11.5 Å². The van der Waals surface area contributed by atoms with E-state index < -0.39 is 18.0 Å². The Balaban J connectivity index is 1.75. The Morgan fingerprint density at radius 1 is 0.838 bits per heavy atom. The molecule has 1 heterocycles. The zero-order valence-electron chi connectivity index (χ0n) is 21.3. The van der Waals surface area contributed by atoms with Gasteiger partial charge < -0.3 is 23.7 Å². The van der Waals surface area contributed by atoms with Crippen LogP contribution in [0.15, 0.2) is 83.5 Å². The van der Waals surface area contributed by atoms with Gasteiger partial charge in [-0.2, -0.15) is 0 Å². The van der Waals surface area contributed by atoms with Crippen molar-refractivity contribution in [3.8, 4) is 11.5 Å². The third-order valence-electron chi connectivity index (χ3n) is 6.50. The van der Waals surface area contributed by atoms with E-state index in [4.69, 9.17) is 23.7 Å². The molecule has 1 aliphatic heterocycles. The summed E-state index contributed by atoms with van der Waals surface area (Å²) in [5.74, 6) is 0.0598. The molecule has 7 nitrogen and oxygen atoms in total. The zero-order valence-corrected chi connectivity index (χ0v) is 21.3. The van der Waals surface area contributed by atoms with Crippen LogP contribution in [0.25, 0.3) is 12.2 Å². The van der Waals surface area contributed by atoms with E-state index in [0.29, 0.717) is 5.57 Å². The van der Waals surface area contributed by atoms with Crippen LogP contribution in [-0.4, -0.2) is 53.1 Å². The zero-order chi connectivity index (χ0) is 26.4. The minimum Gasteiger partial charge on any atom is -0.497 e. The first-order valence-electron chi connectivity index (χ1n) is 11.9. The Kier molecular flexibility index (Phi) is 8.25. The molecule has 1 aliphatic carbocycles. The van der Waals surface area contributed by atoms with Crippen molar-refractivity contribution < 1.29 is 33.3 Å². The van der Waals surface area contributed by atoms with Crippen LogP contribution in [0.4, 0.5) is 0 Å². The summed E-state index contributed by atoms with van der Waals surface area (Å²) in [6, 6.07) is 15.5. The maximum atomic E-state index is 12.8. The first-order valence-corrected chi connectivity index (χ1v) is 11.9. The highest BCUT2D eigenvalue weighted by atomic mass is 16.5. The van der Waals surface area contributed by atoms with Crippen LogP contribution in [0, 0.1) is 11.8 Å². The van der Waals surface area contributed by atoms with Crippen LogP contribution in [0.1, 0.15) is 11.1 Å². The second-order valence-corrected chi connectivity index (χ2v) is 8.62. The average Bonchev–Trinajstić information content (AvgIpc) is 3.31. The largest absolute Gasteiger partial charge is 0.497 e. The molecule has 192 valence electrons. The van der Waals surface area contributed by atoms with Crippen LogP contribution < -0.4 is 9.47 Å². The highest BCUT2D eigenvalue weighted by Crippen LogP contribution is 2.43. The molecule has 0 fully saturated rings. The van der Waals surface area contributed by atoms with Crippen molar-refractivity contribution in [3.05, 3.63) is 94.6 Å². The molecule has 0 radical (unpaired) electrons. The Labute approximate surface area is 216 Å². The molecular formula is C30H30O7. The van der Waals surface area contributed by atoms with Crippen LogP contribution in [-0.2, 0) is 23.8 Å². The summed E-state index contributed by atoms with van der Waals surface area (Å²) in [6.07, 6.45) is 9.69. The predicted molar refractivity (Wildman–Crippen MR) is 140 cm³/mol. The number of fused-ring (bicyclic) bond motifs is 1. The molecule has 0 aromatic heterocycles. The molecule has 0 unspecified atom stereocenters. The molecule has 2 aliphatic rings. The maximum Gasteiger partial charge on any atom is 0.338 e. The Morgan fingerprint density at radius 2 is 1.43 bits per heavy atom. The van der Waals surface area contributed by atoms with E-state index in [1.54, 1.807) is 14.2 Å². The van der Waals surface area contributed by atoms with Crippen molar-refractivity contribution in [2.24, 2.45) is 11.8 Å². The monoisotopic (exact) mass is 502 g/mol. The highest BCUT2D eigenvalue weighted by Gasteiger charge is 2.43. The lowest BCUT2D eigenvalue weighted by Crippen LogP contribution is -2.34. The summed E-state index contributed by atoms with van der Waals surface area (Å²) >= 11 is 0. The highest BCUT2D eigenvalue weighted by molar-refractivity contribution is 6.04. The number of methoxy groups -OCH3 is 4. The summed E-state index contributed by atoms with van der Waals surface area (Å²) in [4.78, 5) is 25.3. The normalized spacial score (nSPS) is 21.1. The molecule has 37 heavy (non-hydrogen) atoms. The van der Waals surface area contributed by atoms with Gasteiger partial charge in [0, 0.05) is 11.8 Å². The molecule has 0 amide bonds. The van der Waals surface area contributed by atoms with Gasteiger partial charge in [0.05, 0.1) is 52.3 Å². The van der Waals surface area contributed by atoms with Gasteiger partial charge in [0.1, 0.15) is 11.5 Å². The van der Waals surface area contributed by atoms with Gasteiger partial charge in [-0.15, -0.1) is 0 Å². The van der Waals surface area contributed by atoms with E-state index in [1.807, 2.05) is 66.8 Å². The van der Waals surface area contributed by atoms with E-state index in [9.17, 15) is 9.59 Å². The van der Waals surface area contributed by atoms with Crippen LogP contribution in [0.3, 0.4) is 0 Å². The summed E-state index contributed by atoms with van der Waals surface area (Å²) in [6.45, 7) is -0.0467. The molecule has 0 saturated carbocycles. The summed E-state index contributed by atoms with van der Waals surface area (Å²) < 4.78 is 26.8. The third-order valence-corrected chi connectivity index (χ3v) is 6.50. The minimum absolute atomic E-state index is 0.0467. The van der Waals surface area contributed by atoms with Gasteiger partial charge >= 0.3 is 11.9 Å². The lowest BCUT2D eigenvalue weighted by molar-refractivity contribution is -0.140. The van der Waals surface area contributed by atoms with Crippen molar-refractivity contribution in [3.63, 3.8) is 0 Å². The number of carbonyl (C=O) groups is 2. The van der Waals surface area contributed by atoms with Crippen molar-refractivity contribution in [2.75, 3.05) is 35.0 Å². The van der Waals surface area contributed by atoms with E-state index in [-0.39, 0.29) is 29.6 Å². The van der Waals surface area contributed by atoms with Gasteiger partial charge in [0.2, 0.25) is 0 Å². The quantitative estimate of drug-likeness (QED) is 0.487. The standard InChI is InChI=1S/C30H30O7/c1-33-22-9-5-7-19(15-22)11-13-21-17-25-27(30(32)36-4)26(29(31)35-3)18-37-28(25)24(21)14-12-20-8-6-10-23(16-20)34-2/h5-17,21,24,28H,18H2,1-4H3/b13-11+,14-12+/t21-,24+,28-/m1/s1. The molecule has 0 spiro atoms. The molecule has 3 atom stereocenters. The maximum absolute atomic E-state index is 12.8. The van der Waals surface area contributed by atoms with E-state index in [0.717, 1.165) is 22.6 Å². The number of rotatable bonds is 8. The van der Waals surface area contributed by atoms with Crippen LogP contribution in [0.2, 0.25) is 0 Å². The number of hydrogen-bond acceptors (Lipinski definition) is 7. The van der Waals surface area contributed by atoms with E-state index >= 15 is 0 Å². The number of esters is 2. The first kappa shape index (κ1) is 26.0. The van der Waals surface area contributed by atoms with Gasteiger partial charge in [-0.05, 0) is 41.0 Å². The SMILES string of the molecule is COC(=O)C1=C(C(=O)OC)C2=C[C@@H](/C=C/c3cccc(OC)c3)[C@H](/C=C/c3cccc(OC)c3)[C@H]2OC1. The summed E-state index contributed by atoms with van der Waals surface area (Å²) in [5, 5.41) is 0.